The molecule has 0 spiro atoms. The number of rotatable bonds is 4. The molecule has 0 heterocycles. The maximum atomic E-state index is 12.9. The van der Waals surface area contributed by atoms with Crippen LogP contribution in [0.2, 0.25) is 0 Å². The lowest BCUT2D eigenvalue weighted by atomic mass is 9.92. The van der Waals surface area contributed by atoms with Crippen LogP contribution in [0.15, 0.2) is 24.3 Å². The second-order valence-electron chi connectivity index (χ2n) is 5.87. The van der Waals surface area contributed by atoms with Gasteiger partial charge in [-0.05, 0) is 44.7 Å². The maximum Gasteiger partial charge on any atom is 0.419 e. The van der Waals surface area contributed by atoms with Crippen molar-refractivity contribution in [3.63, 3.8) is 0 Å². The number of amides is 1. The average Bonchev–Trinajstić information content (AvgIpc) is 2.49. The van der Waals surface area contributed by atoms with Gasteiger partial charge in [-0.2, -0.15) is 13.2 Å². The van der Waals surface area contributed by atoms with Gasteiger partial charge in [0.1, 0.15) is 5.75 Å². The Morgan fingerprint density at radius 3 is 2.48 bits per heavy atom. The summed E-state index contributed by atoms with van der Waals surface area (Å²) in [6.45, 7) is 1.44. The fourth-order valence-electron chi connectivity index (χ4n) is 2.63. The van der Waals surface area contributed by atoms with Gasteiger partial charge in [0.2, 0.25) is 0 Å². The van der Waals surface area contributed by atoms with Crippen LogP contribution in [0.5, 0.6) is 5.75 Å². The summed E-state index contributed by atoms with van der Waals surface area (Å²) in [7, 11) is 0. The van der Waals surface area contributed by atoms with E-state index in [0.29, 0.717) is 0 Å². The van der Waals surface area contributed by atoms with Crippen LogP contribution >= 0.6 is 0 Å². The molecule has 1 unspecified atom stereocenters. The van der Waals surface area contributed by atoms with Crippen molar-refractivity contribution in [3.8, 4) is 5.75 Å². The molecule has 1 aromatic rings. The SMILES string of the molecule is CC(Oc1ccccc1C(F)(F)F)C(=O)NC1CCC(N)CC1. The second-order valence-corrected chi connectivity index (χ2v) is 5.87. The summed E-state index contributed by atoms with van der Waals surface area (Å²) in [5.74, 6) is -0.754. The lowest BCUT2D eigenvalue weighted by Gasteiger charge is -2.28. The predicted molar refractivity (Wildman–Crippen MR) is 79.9 cm³/mol. The van der Waals surface area contributed by atoms with E-state index in [1.54, 1.807) is 0 Å². The molecule has 1 aliphatic carbocycles. The van der Waals surface area contributed by atoms with Crippen LogP contribution in [0.3, 0.4) is 0 Å². The molecule has 2 rings (SSSR count). The Morgan fingerprint density at radius 2 is 1.87 bits per heavy atom. The summed E-state index contributed by atoms with van der Waals surface area (Å²) in [5, 5.41) is 2.82. The molecule has 1 atom stereocenters. The molecule has 1 saturated carbocycles. The van der Waals surface area contributed by atoms with Gasteiger partial charge in [-0.1, -0.05) is 12.1 Å². The Bertz CT molecular complexity index is 540. The molecular weight excluding hydrogens is 309 g/mol. The normalized spacial score (nSPS) is 23.2. The minimum Gasteiger partial charge on any atom is -0.480 e. The van der Waals surface area contributed by atoms with E-state index in [2.05, 4.69) is 5.32 Å². The number of ether oxygens (including phenoxy) is 1. The van der Waals surface area contributed by atoms with Crippen LogP contribution in [0.25, 0.3) is 0 Å². The van der Waals surface area contributed by atoms with Gasteiger partial charge in [-0.15, -0.1) is 0 Å². The summed E-state index contributed by atoms with van der Waals surface area (Å²) in [6.07, 6.45) is -2.31. The van der Waals surface area contributed by atoms with E-state index in [1.807, 2.05) is 0 Å². The molecule has 1 aromatic carbocycles. The number of hydrogen-bond acceptors (Lipinski definition) is 3. The minimum absolute atomic E-state index is 0.00575. The van der Waals surface area contributed by atoms with E-state index < -0.39 is 23.8 Å². The molecule has 1 fully saturated rings. The van der Waals surface area contributed by atoms with Gasteiger partial charge >= 0.3 is 6.18 Å². The zero-order chi connectivity index (χ0) is 17.0. The standard InChI is InChI=1S/C16H21F3N2O2/c1-10(15(22)21-12-8-6-11(20)7-9-12)23-14-5-3-2-4-13(14)16(17,18)19/h2-5,10-12H,6-9,20H2,1H3,(H,21,22). The highest BCUT2D eigenvalue weighted by molar-refractivity contribution is 5.81. The van der Waals surface area contributed by atoms with Gasteiger partial charge in [0.05, 0.1) is 5.56 Å². The molecule has 4 nitrogen and oxygen atoms in total. The molecule has 0 aromatic heterocycles. The molecule has 3 N–H and O–H groups in total. The van der Waals surface area contributed by atoms with E-state index in [1.165, 1.54) is 25.1 Å². The van der Waals surface area contributed by atoms with Crippen LogP contribution in [0, 0.1) is 0 Å². The van der Waals surface area contributed by atoms with Gasteiger partial charge in [-0.3, -0.25) is 4.79 Å². The fraction of sp³-hybridized carbons (Fsp3) is 0.562. The minimum atomic E-state index is -4.52. The number of carbonyl (C=O) groups excluding carboxylic acids is 1. The Hall–Kier alpha value is -1.76. The third kappa shape index (κ3) is 4.86. The summed E-state index contributed by atoms with van der Waals surface area (Å²) in [6, 6.07) is 5.04. The lowest BCUT2D eigenvalue weighted by molar-refractivity contribution is -0.140. The van der Waals surface area contributed by atoms with Gasteiger partial charge in [0.15, 0.2) is 6.10 Å². The maximum absolute atomic E-state index is 12.9. The van der Waals surface area contributed by atoms with E-state index in [9.17, 15) is 18.0 Å². The van der Waals surface area contributed by atoms with E-state index in [0.717, 1.165) is 31.7 Å². The Morgan fingerprint density at radius 1 is 1.26 bits per heavy atom. The smallest absolute Gasteiger partial charge is 0.419 e. The molecule has 0 aliphatic heterocycles. The molecule has 128 valence electrons. The van der Waals surface area contributed by atoms with Crippen LogP contribution in [-0.2, 0) is 11.0 Å². The van der Waals surface area contributed by atoms with Crippen molar-refractivity contribution in [2.45, 2.75) is 57.0 Å². The molecular formula is C16H21F3N2O2. The highest BCUT2D eigenvalue weighted by atomic mass is 19.4. The quantitative estimate of drug-likeness (QED) is 0.892. The average molecular weight is 330 g/mol. The van der Waals surface area contributed by atoms with Crippen LogP contribution in [-0.4, -0.2) is 24.1 Å². The van der Waals surface area contributed by atoms with Crippen LogP contribution < -0.4 is 15.8 Å². The highest BCUT2D eigenvalue weighted by Crippen LogP contribution is 2.36. The summed E-state index contributed by atoms with van der Waals surface area (Å²) >= 11 is 0. The summed E-state index contributed by atoms with van der Waals surface area (Å²) in [5.41, 5.74) is 4.92. The third-order valence-corrected chi connectivity index (χ3v) is 3.98. The first-order valence-electron chi connectivity index (χ1n) is 7.66. The first kappa shape index (κ1) is 17.6. The largest absolute Gasteiger partial charge is 0.480 e. The summed E-state index contributed by atoms with van der Waals surface area (Å²) in [4.78, 5) is 12.1. The zero-order valence-corrected chi connectivity index (χ0v) is 12.9. The highest BCUT2D eigenvalue weighted by Gasteiger charge is 2.35. The molecule has 0 radical (unpaired) electrons. The van der Waals surface area contributed by atoms with E-state index in [-0.39, 0.29) is 17.8 Å². The Balaban J connectivity index is 1.96. The van der Waals surface area contributed by atoms with Crippen LogP contribution in [0.4, 0.5) is 13.2 Å². The van der Waals surface area contributed by atoms with Crippen molar-refractivity contribution in [2.75, 3.05) is 0 Å². The van der Waals surface area contributed by atoms with Gasteiger partial charge < -0.3 is 15.8 Å². The first-order valence-corrected chi connectivity index (χ1v) is 7.66. The predicted octanol–water partition coefficient (Wildman–Crippen LogP) is 2.86. The number of nitrogens with two attached hydrogens (primary N) is 1. The molecule has 0 saturated heterocycles. The van der Waals surface area contributed by atoms with Crippen molar-refractivity contribution < 1.29 is 22.7 Å². The Kier molecular flexibility index (Phi) is 5.51. The van der Waals surface area contributed by atoms with Gasteiger partial charge in [0.25, 0.3) is 5.91 Å². The number of halogens is 3. The first-order chi connectivity index (χ1) is 10.8. The molecule has 7 heteroatoms. The van der Waals surface area contributed by atoms with Crippen molar-refractivity contribution in [1.82, 2.24) is 5.32 Å². The van der Waals surface area contributed by atoms with Gasteiger partial charge in [-0.25, -0.2) is 0 Å². The number of para-hydroxylation sites is 1. The lowest BCUT2D eigenvalue weighted by Crippen LogP contribution is -2.45. The van der Waals surface area contributed by atoms with Crippen molar-refractivity contribution in [3.05, 3.63) is 29.8 Å². The third-order valence-electron chi connectivity index (χ3n) is 3.98. The molecule has 23 heavy (non-hydrogen) atoms. The van der Waals surface area contributed by atoms with Crippen molar-refractivity contribution in [1.29, 1.82) is 0 Å². The number of carbonyl (C=O) groups is 1. The number of benzene rings is 1. The van der Waals surface area contributed by atoms with E-state index >= 15 is 0 Å². The van der Waals surface area contributed by atoms with Crippen molar-refractivity contribution in [2.24, 2.45) is 5.73 Å². The van der Waals surface area contributed by atoms with Crippen LogP contribution in [0.1, 0.15) is 38.2 Å². The fourth-order valence-corrected chi connectivity index (χ4v) is 2.63. The van der Waals surface area contributed by atoms with E-state index in [4.69, 9.17) is 10.5 Å². The molecule has 1 aliphatic rings. The molecule has 0 bridgehead atoms. The number of alkyl halides is 3. The molecule has 1 amide bonds. The number of hydrogen-bond donors (Lipinski definition) is 2. The topological polar surface area (TPSA) is 64.3 Å². The monoisotopic (exact) mass is 330 g/mol. The Labute approximate surface area is 133 Å². The van der Waals surface area contributed by atoms with Crippen molar-refractivity contribution >= 4 is 5.91 Å². The zero-order valence-electron chi connectivity index (χ0n) is 12.9. The summed E-state index contributed by atoms with van der Waals surface area (Å²) < 4.78 is 44.0. The number of nitrogens with one attached hydrogen (secondary N) is 1. The second kappa shape index (κ2) is 7.21. The van der Waals surface area contributed by atoms with Gasteiger partial charge in [0, 0.05) is 12.1 Å².